The molecule has 2 atom stereocenters. The largest absolute Gasteiger partial charge is 0.392 e. The van der Waals surface area contributed by atoms with Gasteiger partial charge in [0, 0.05) is 48.6 Å². The summed E-state index contributed by atoms with van der Waals surface area (Å²) in [5, 5.41) is 20.4. The van der Waals surface area contributed by atoms with Crippen molar-refractivity contribution >= 4 is 11.4 Å². The summed E-state index contributed by atoms with van der Waals surface area (Å²) in [6.07, 6.45) is 3.58. The highest BCUT2D eigenvalue weighted by Crippen LogP contribution is 2.33. The molecule has 1 N–H and O–H groups in total. The van der Waals surface area contributed by atoms with E-state index in [1.54, 1.807) is 6.07 Å². The van der Waals surface area contributed by atoms with E-state index in [4.69, 9.17) is 0 Å². The average molecular weight is 291 g/mol. The van der Waals surface area contributed by atoms with Crippen LogP contribution in [0.2, 0.25) is 0 Å². The predicted molar refractivity (Wildman–Crippen MR) is 80.4 cm³/mol. The Morgan fingerprint density at radius 3 is 2.81 bits per heavy atom. The monoisotopic (exact) mass is 291 g/mol. The van der Waals surface area contributed by atoms with Gasteiger partial charge in [0.05, 0.1) is 11.5 Å². The third kappa shape index (κ3) is 2.61. The number of rotatable bonds is 3. The molecule has 0 amide bonds. The first-order chi connectivity index (χ1) is 10.1. The molecule has 0 saturated carbocycles. The summed E-state index contributed by atoms with van der Waals surface area (Å²) in [7, 11) is 2.19. The Bertz CT molecular complexity index is 549. The molecule has 0 aliphatic carbocycles. The van der Waals surface area contributed by atoms with E-state index in [-0.39, 0.29) is 12.3 Å². The Kier molecular flexibility index (Phi) is 3.82. The molecule has 2 unspecified atom stereocenters. The molecule has 1 aromatic carbocycles. The minimum atomic E-state index is -0.416. The van der Waals surface area contributed by atoms with Gasteiger partial charge in [-0.25, -0.2) is 0 Å². The Labute approximate surface area is 124 Å². The summed E-state index contributed by atoms with van der Waals surface area (Å²) in [5.41, 5.74) is 1.62. The van der Waals surface area contributed by atoms with Crippen LogP contribution in [-0.2, 0) is 6.61 Å². The van der Waals surface area contributed by atoms with Gasteiger partial charge in [-0.05, 0) is 32.4 Å². The van der Waals surface area contributed by atoms with Gasteiger partial charge in [-0.2, -0.15) is 0 Å². The van der Waals surface area contributed by atoms with Crippen molar-refractivity contribution < 1.29 is 10.0 Å². The van der Waals surface area contributed by atoms with Gasteiger partial charge in [0.2, 0.25) is 0 Å². The van der Waals surface area contributed by atoms with Crippen LogP contribution in [-0.4, -0.2) is 47.2 Å². The van der Waals surface area contributed by atoms with Gasteiger partial charge in [-0.1, -0.05) is 0 Å². The average Bonchev–Trinajstić information content (AvgIpc) is 2.71. The van der Waals surface area contributed by atoms with E-state index >= 15 is 0 Å². The maximum Gasteiger partial charge on any atom is 0.269 e. The summed E-state index contributed by atoms with van der Waals surface area (Å²) >= 11 is 0. The summed E-state index contributed by atoms with van der Waals surface area (Å²) < 4.78 is 0. The smallest absolute Gasteiger partial charge is 0.269 e. The maximum absolute atomic E-state index is 10.9. The molecule has 2 aliphatic heterocycles. The lowest BCUT2D eigenvalue weighted by Gasteiger charge is -2.29. The fourth-order valence-electron chi connectivity index (χ4n) is 3.65. The summed E-state index contributed by atoms with van der Waals surface area (Å²) in [6.45, 7) is 1.70. The van der Waals surface area contributed by atoms with Crippen LogP contribution in [0, 0.1) is 10.1 Å². The first-order valence-electron chi connectivity index (χ1n) is 7.45. The fourth-order valence-corrected chi connectivity index (χ4v) is 3.65. The molecule has 6 heteroatoms. The van der Waals surface area contributed by atoms with E-state index in [1.165, 1.54) is 25.0 Å². The number of non-ortho nitro benzene ring substituents is 1. The van der Waals surface area contributed by atoms with E-state index in [1.807, 2.05) is 0 Å². The van der Waals surface area contributed by atoms with Crippen molar-refractivity contribution in [2.45, 2.75) is 38.0 Å². The first-order valence-corrected chi connectivity index (χ1v) is 7.45. The lowest BCUT2D eigenvalue weighted by atomic mass is 10.1. The van der Waals surface area contributed by atoms with Crippen molar-refractivity contribution in [3.05, 3.63) is 33.9 Å². The van der Waals surface area contributed by atoms with Gasteiger partial charge in [0.1, 0.15) is 0 Å². The SMILES string of the molecule is CN1C2CCC1CN(c1ccc([N+](=O)[O-])cc1CO)CC2. The highest BCUT2D eigenvalue weighted by atomic mass is 16.6. The van der Waals surface area contributed by atoms with Crippen LogP contribution in [0.5, 0.6) is 0 Å². The molecule has 114 valence electrons. The number of likely N-dealkylation sites (N-methyl/N-ethyl adjacent to an activating group) is 1. The number of hydrogen-bond acceptors (Lipinski definition) is 5. The molecule has 2 saturated heterocycles. The zero-order valence-corrected chi connectivity index (χ0v) is 12.2. The third-order valence-electron chi connectivity index (χ3n) is 4.93. The van der Waals surface area contributed by atoms with Crippen molar-refractivity contribution in [1.29, 1.82) is 0 Å². The number of anilines is 1. The van der Waals surface area contributed by atoms with Crippen LogP contribution in [0.25, 0.3) is 0 Å². The first kappa shape index (κ1) is 14.3. The molecule has 3 rings (SSSR count). The minimum Gasteiger partial charge on any atom is -0.392 e. The fraction of sp³-hybridized carbons (Fsp3) is 0.600. The standard InChI is InChI=1S/C15H21N3O3/c1-16-12-2-3-14(16)9-17(7-6-12)15-5-4-13(18(20)21)8-11(15)10-19/h4-5,8,12,14,19H,2-3,6-7,9-10H2,1H3. The second-order valence-electron chi connectivity index (χ2n) is 6.01. The highest BCUT2D eigenvalue weighted by molar-refractivity contribution is 5.58. The molecular weight excluding hydrogens is 270 g/mol. The van der Waals surface area contributed by atoms with Gasteiger partial charge < -0.3 is 10.0 Å². The molecule has 0 radical (unpaired) electrons. The van der Waals surface area contributed by atoms with Crippen LogP contribution >= 0.6 is 0 Å². The number of aliphatic hydroxyl groups is 1. The number of nitrogens with zero attached hydrogens (tertiary/aromatic N) is 3. The van der Waals surface area contributed by atoms with E-state index < -0.39 is 4.92 Å². The number of hydrogen-bond donors (Lipinski definition) is 1. The summed E-state index contributed by atoms with van der Waals surface area (Å²) in [5.74, 6) is 0. The molecule has 2 bridgehead atoms. The lowest BCUT2D eigenvalue weighted by molar-refractivity contribution is -0.384. The predicted octanol–water partition coefficient (Wildman–Crippen LogP) is 1.76. The van der Waals surface area contributed by atoms with Gasteiger partial charge in [-0.15, -0.1) is 0 Å². The Morgan fingerprint density at radius 2 is 2.10 bits per heavy atom. The molecular formula is C15H21N3O3. The Balaban J connectivity index is 1.88. The molecule has 1 aromatic rings. The van der Waals surface area contributed by atoms with Crippen LogP contribution in [0.4, 0.5) is 11.4 Å². The summed E-state index contributed by atoms with van der Waals surface area (Å²) in [6, 6.07) is 5.99. The van der Waals surface area contributed by atoms with Gasteiger partial charge in [0.15, 0.2) is 0 Å². The molecule has 2 fully saturated rings. The van der Waals surface area contributed by atoms with E-state index in [9.17, 15) is 15.2 Å². The minimum absolute atomic E-state index is 0.0382. The topological polar surface area (TPSA) is 69.9 Å². The zero-order chi connectivity index (χ0) is 15.0. The van der Waals surface area contributed by atoms with Crippen molar-refractivity contribution in [2.24, 2.45) is 0 Å². The van der Waals surface area contributed by atoms with Crippen LogP contribution < -0.4 is 4.90 Å². The summed E-state index contributed by atoms with van der Waals surface area (Å²) in [4.78, 5) is 15.2. The van der Waals surface area contributed by atoms with Crippen molar-refractivity contribution in [2.75, 3.05) is 25.0 Å². The van der Waals surface area contributed by atoms with E-state index in [0.29, 0.717) is 17.6 Å². The zero-order valence-electron chi connectivity index (χ0n) is 12.2. The highest BCUT2D eigenvalue weighted by Gasteiger charge is 2.35. The molecule has 6 nitrogen and oxygen atoms in total. The Hall–Kier alpha value is -1.66. The third-order valence-corrected chi connectivity index (χ3v) is 4.93. The van der Waals surface area contributed by atoms with Crippen LogP contribution in [0.15, 0.2) is 18.2 Å². The van der Waals surface area contributed by atoms with Crippen LogP contribution in [0.3, 0.4) is 0 Å². The molecule has 0 spiro atoms. The second kappa shape index (κ2) is 5.61. The van der Waals surface area contributed by atoms with Crippen molar-refractivity contribution in [1.82, 2.24) is 4.90 Å². The van der Waals surface area contributed by atoms with Gasteiger partial charge in [0.25, 0.3) is 5.69 Å². The lowest BCUT2D eigenvalue weighted by Crippen LogP contribution is -2.37. The Morgan fingerprint density at radius 1 is 1.33 bits per heavy atom. The number of benzene rings is 1. The van der Waals surface area contributed by atoms with Crippen LogP contribution in [0.1, 0.15) is 24.8 Å². The molecule has 0 aromatic heterocycles. The second-order valence-corrected chi connectivity index (χ2v) is 6.01. The van der Waals surface area contributed by atoms with Crippen molar-refractivity contribution in [3.8, 4) is 0 Å². The van der Waals surface area contributed by atoms with Gasteiger partial charge in [-0.3, -0.25) is 15.0 Å². The van der Waals surface area contributed by atoms with E-state index in [2.05, 4.69) is 16.8 Å². The van der Waals surface area contributed by atoms with E-state index in [0.717, 1.165) is 25.2 Å². The number of fused-ring (bicyclic) bond motifs is 2. The normalized spacial score (nSPS) is 25.9. The molecule has 2 aliphatic rings. The molecule has 2 heterocycles. The van der Waals surface area contributed by atoms with Crippen molar-refractivity contribution in [3.63, 3.8) is 0 Å². The molecule has 21 heavy (non-hydrogen) atoms. The van der Waals surface area contributed by atoms with Gasteiger partial charge >= 0.3 is 0 Å². The quantitative estimate of drug-likeness (QED) is 0.679. The number of nitro benzene ring substituents is 1. The number of nitro groups is 1. The number of aliphatic hydroxyl groups excluding tert-OH is 1. The maximum atomic E-state index is 10.9.